The van der Waals surface area contributed by atoms with Crippen LogP contribution in [-0.4, -0.2) is 6.61 Å². The van der Waals surface area contributed by atoms with Gasteiger partial charge >= 0.3 is 0 Å². The Morgan fingerprint density at radius 1 is 1.18 bits per heavy atom. The van der Waals surface area contributed by atoms with Crippen LogP contribution in [0.3, 0.4) is 0 Å². The molecule has 2 aromatic carbocycles. The molecule has 3 heteroatoms. The summed E-state index contributed by atoms with van der Waals surface area (Å²) in [6.07, 6.45) is 2.46. The molecular weight excluding hydrogens is 294 g/mol. The zero-order chi connectivity index (χ0) is 15.1. The summed E-state index contributed by atoms with van der Waals surface area (Å²) in [4.78, 5) is 0. The van der Waals surface area contributed by atoms with Crippen LogP contribution in [-0.2, 0) is 4.74 Å². The van der Waals surface area contributed by atoms with Gasteiger partial charge in [0, 0.05) is 28.8 Å². The normalized spacial score (nSPS) is 26.7. The van der Waals surface area contributed by atoms with Gasteiger partial charge in [0.05, 0.1) is 12.1 Å². The second-order valence-corrected chi connectivity index (χ2v) is 6.80. The number of anilines is 1. The van der Waals surface area contributed by atoms with E-state index in [1.165, 1.54) is 23.1 Å². The standard InChI is InChI=1S/C19H20ClNO/c1-12-4-2-5-13(10-12)18-15-6-3-9-22-19(15)16-11-14(20)7-8-17(16)21-18/h2,4-5,7-8,10-11,15,18-19,21H,3,6,9H2,1H3/t15-,18+,19-/m0/s1. The predicted molar refractivity (Wildman–Crippen MR) is 90.4 cm³/mol. The van der Waals surface area contributed by atoms with Crippen LogP contribution < -0.4 is 5.32 Å². The molecule has 1 fully saturated rings. The summed E-state index contributed by atoms with van der Waals surface area (Å²) < 4.78 is 6.15. The maximum atomic E-state index is 6.20. The molecule has 0 spiro atoms. The number of halogens is 1. The number of hydrogen-bond acceptors (Lipinski definition) is 2. The predicted octanol–water partition coefficient (Wildman–Crippen LogP) is 5.28. The Kier molecular flexibility index (Phi) is 3.59. The summed E-state index contributed by atoms with van der Waals surface area (Å²) in [6, 6.07) is 15.2. The molecule has 1 N–H and O–H groups in total. The fourth-order valence-corrected chi connectivity index (χ4v) is 4.02. The number of aryl methyl sites for hydroxylation is 1. The largest absolute Gasteiger partial charge is 0.378 e. The van der Waals surface area contributed by atoms with Crippen molar-refractivity contribution in [3.05, 3.63) is 64.2 Å². The SMILES string of the molecule is Cc1cccc([C@H]2Nc3ccc(Cl)cc3[C@H]3OCCC[C@@H]23)c1. The lowest BCUT2D eigenvalue weighted by Crippen LogP contribution is -2.36. The molecule has 0 unspecified atom stereocenters. The molecule has 0 aliphatic carbocycles. The first-order valence-corrected chi connectivity index (χ1v) is 8.34. The Morgan fingerprint density at radius 2 is 2.09 bits per heavy atom. The molecule has 2 aliphatic rings. The van der Waals surface area contributed by atoms with Crippen molar-refractivity contribution in [1.82, 2.24) is 0 Å². The molecule has 0 radical (unpaired) electrons. The summed E-state index contributed by atoms with van der Waals surface area (Å²) in [5.74, 6) is 0.460. The molecule has 1 saturated heterocycles. The Hall–Kier alpha value is -1.51. The Morgan fingerprint density at radius 3 is 2.95 bits per heavy atom. The van der Waals surface area contributed by atoms with Crippen molar-refractivity contribution in [1.29, 1.82) is 0 Å². The second kappa shape index (κ2) is 5.60. The van der Waals surface area contributed by atoms with Gasteiger partial charge in [0.25, 0.3) is 0 Å². The number of nitrogens with one attached hydrogen (secondary N) is 1. The Bertz CT molecular complexity index is 700. The van der Waals surface area contributed by atoms with Crippen LogP contribution in [0.2, 0.25) is 5.02 Å². The first-order chi connectivity index (χ1) is 10.7. The van der Waals surface area contributed by atoms with Gasteiger partial charge in [0.2, 0.25) is 0 Å². The van der Waals surface area contributed by atoms with Crippen LogP contribution >= 0.6 is 11.6 Å². The number of rotatable bonds is 1. The first kappa shape index (κ1) is 14.1. The zero-order valence-corrected chi connectivity index (χ0v) is 13.4. The number of fused-ring (bicyclic) bond motifs is 3. The van der Waals surface area contributed by atoms with Crippen molar-refractivity contribution < 1.29 is 4.74 Å². The molecular formula is C19H20ClNO. The van der Waals surface area contributed by atoms with E-state index in [4.69, 9.17) is 16.3 Å². The van der Waals surface area contributed by atoms with Gasteiger partial charge in [0.1, 0.15) is 0 Å². The smallest absolute Gasteiger partial charge is 0.0896 e. The summed E-state index contributed by atoms with van der Waals surface area (Å²) in [7, 11) is 0. The van der Waals surface area contributed by atoms with E-state index in [2.05, 4.69) is 48.6 Å². The molecule has 22 heavy (non-hydrogen) atoms. The van der Waals surface area contributed by atoms with Crippen molar-refractivity contribution in [2.45, 2.75) is 31.9 Å². The van der Waals surface area contributed by atoms with E-state index in [0.717, 1.165) is 23.7 Å². The van der Waals surface area contributed by atoms with Gasteiger partial charge in [-0.3, -0.25) is 0 Å². The second-order valence-electron chi connectivity index (χ2n) is 6.37. The molecule has 114 valence electrons. The molecule has 0 amide bonds. The topological polar surface area (TPSA) is 21.3 Å². The third-order valence-corrected chi connectivity index (χ3v) is 5.06. The maximum absolute atomic E-state index is 6.20. The minimum Gasteiger partial charge on any atom is -0.378 e. The van der Waals surface area contributed by atoms with Gasteiger partial charge in [-0.25, -0.2) is 0 Å². The summed E-state index contributed by atoms with van der Waals surface area (Å²) in [6.45, 7) is 2.99. The van der Waals surface area contributed by atoms with E-state index >= 15 is 0 Å². The van der Waals surface area contributed by atoms with E-state index in [1.54, 1.807) is 0 Å². The zero-order valence-electron chi connectivity index (χ0n) is 12.7. The van der Waals surface area contributed by atoms with Crippen LogP contribution in [0.15, 0.2) is 42.5 Å². The molecule has 4 rings (SSSR count). The maximum Gasteiger partial charge on any atom is 0.0896 e. The van der Waals surface area contributed by atoms with Gasteiger partial charge in [-0.15, -0.1) is 0 Å². The molecule has 2 aromatic rings. The molecule has 0 saturated carbocycles. The molecule has 3 atom stereocenters. The van der Waals surface area contributed by atoms with Crippen LogP contribution in [0.25, 0.3) is 0 Å². The summed E-state index contributed by atoms with van der Waals surface area (Å²) >= 11 is 6.20. The Labute approximate surface area is 136 Å². The van der Waals surface area contributed by atoms with E-state index in [-0.39, 0.29) is 6.10 Å². The van der Waals surface area contributed by atoms with Crippen LogP contribution in [0.5, 0.6) is 0 Å². The fourth-order valence-electron chi connectivity index (χ4n) is 3.84. The van der Waals surface area contributed by atoms with Crippen molar-refractivity contribution in [3.63, 3.8) is 0 Å². The average molecular weight is 314 g/mol. The van der Waals surface area contributed by atoms with Crippen molar-refractivity contribution >= 4 is 17.3 Å². The third kappa shape index (κ3) is 2.41. The van der Waals surface area contributed by atoms with E-state index < -0.39 is 0 Å². The molecule has 0 aromatic heterocycles. The lowest BCUT2D eigenvalue weighted by Gasteiger charge is -2.43. The van der Waals surface area contributed by atoms with Crippen molar-refractivity contribution in [3.8, 4) is 0 Å². The minimum atomic E-state index is 0.147. The highest BCUT2D eigenvalue weighted by Gasteiger charge is 2.39. The van der Waals surface area contributed by atoms with Crippen LogP contribution in [0.4, 0.5) is 5.69 Å². The van der Waals surface area contributed by atoms with Gasteiger partial charge in [-0.05, 0) is 43.5 Å². The van der Waals surface area contributed by atoms with E-state index in [0.29, 0.717) is 12.0 Å². The fraction of sp³-hybridized carbons (Fsp3) is 0.368. The third-order valence-electron chi connectivity index (χ3n) is 4.83. The molecule has 2 heterocycles. The lowest BCUT2D eigenvalue weighted by atomic mass is 9.77. The lowest BCUT2D eigenvalue weighted by molar-refractivity contribution is -0.0381. The van der Waals surface area contributed by atoms with Crippen molar-refractivity contribution in [2.24, 2.45) is 5.92 Å². The summed E-state index contributed by atoms with van der Waals surface area (Å²) in [5, 5.41) is 4.51. The monoisotopic (exact) mass is 313 g/mol. The minimum absolute atomic E-state index is 0.147. The van der Waals surface area contributed by atoms with Gasteiger partial charge in [-0.2, -0.15) is 0 Å². The first-order valence-electron chi connectivity index (χ1n) is 7.96. The highest BCUT2D eigenvalue weighted by molar-refractivity contribution is 6.30. The van der Waals surface area contributed by atoms with Crippen LogP contribution in [0.1, 0.15) is 41.7 Å². The van der Waals surface area contributed by atoms with Gasteiger partial charge in [0.15, 0.2) is 0 Å². The summed E-state index contributed by atoms with van der Waals surface area (Å²) in [5.41, 5.74) is 5.01. The average Bonchev–Trinajstić information content (AvgIpc) is 2.54. The number of ether oxygens (including phenoxy) is 1. The molecule has 2 aliphatic heterocycles. The number of hydrogen-bond donors (Lipinski definition) is 1. The highest BCUT2D eigenvalue weighted by atomic mass is 35.5. The van der Waals surface area contributed by atoms with Gasteiger partial charge in [-0.1, -0.05) is 41.4 Å². The Balaban J connectivity index is 1.79. The van der Waals surface area contributed by atoms with E-state index in [9.17, 15) is 0 Å². The van der Waals surface area contributed by atoms with Gasteiger partial charge < -0.3 is 10.1 Å². The van der Waals surface area contributed by atoms with Crippen LogP contribution in [0, 0.1) is 12.8 Å². The highest BCUT2D eigenvalue weighted by Crippen LogP contribution is 2.49. The number of benzene rings is 2. The van der Waals surface area contributed by atoms with Crippen molar-refractivity contribution in [2.75, 3.05) is 11.9 Å². The quantitative estimate of drug-likeness (QED) is 0.773. The van der Waals surface area contributed by atoms with E-state index in [1.807, 2.05) is 6.07 Å². The molecule has 0 bridgehead atoms. The molecule has 2 nitrogen and oxygen atoms in total.